The molecule has 1 heterocycles. The second kappa shape index (κ2) is 4.18. The van der Waals surface area contributed by atoms with Crippen LogP contribution in [0, 0.1) is 17.3 Å². The Labute approximate surface area is 133 Å². The van der Waals surface area contributed by atoms with Gasteiger partial charge in [-0.1, -0.05) is 44.2 Å². The van der Waals surface area contributed by atoms with E-state index >= 15 is 0 Å². The van der Waals surface area contributed by atoms with Crippen molar-refractivity contribution in [2.24, 2.45) is 17.3 Å². The SMILES string of the molecule is CC1(C)[C@H]2C[C@@H]3OB([C@H]4C[C@@H]4c4ccccc4)O[C@]3(C)[C@@H]1C2. The molecule has 22 heavy (non-hydrogen) atoms. The van der Waals surface area contributed by atoms with E-state index in [9.17, 15) is 0 Å². The first-order valence-electron chi connectivity index (χ1n) is 8.88. The molecule has 1 aromatic rings. The molecular formula is C19H25BO2. The van der Waals surface area contributed by atoms with Gasteiger partial charge in [0.25, 0.3) is 0 Å². The zero-order valence-corrected chi connectivity index (χ0v) is 13.8. The molecule has 1 aromatic carbocycles. The summed E-state index contributed by atoms with van der Waals surface area (Å²) in [6.45, 7) is 7.17. The molecule has 6 atom stereocenters. The highest BCUT2D eigenvalue weighted by Gasteiger charge is 2.69. The molecule has 0 radical (unpaired) electrons. The van der Waals surface area contributed by atoms with Crippen molar-refractivity contribution in [1.29, 1.82) is 0 Å². The van der Waals surface area contributed by atoms with Crippen LogP contribution in [-0.4, -0.2) is 18.8 Å². The monoisotopic (exact) mass is 296 g/mol. The molecule has 0 aromatic heterocycles. The van der Waals surface area contributed by atoms with E-state index in [1.165, 1.54) is 24.8 Å². The first-order valence-corrected chi connectivity index (χ1v) is 8.88. The van der Waals surface area contributed by atoms with E-state index < -0.39 is 0 Å². The molecule has 6 rings (SSSR count). The van der Waals surface area contributed by atoms with Crippen LogP contribution in [0.2, 0.25) is 5.82 Å². The minimum atomic E-state index is -0.0489. The summed E-state index contributed by atoms with van der Waals surface area (Å²) >= 11 is 0. The van der Waals surface area contributed by atoms with Crippen LogP contribution in [0.4, 0.5) is 0 Å². The Bertz CT molecular complexity index is 601. The predicted molar refractivity (Wildman–Crippen MR) is 87.7 cm³/mol. The van der Waals surface area contributed by atoms with E-state index in [4.69, 9.17) is 9.31 Å². The summed E-state index contributed by atoms with van der Waals surface area (Å²) in [7, 11) is 0.0235. The lowest BCUT2D eigenvalue weighted by Gasteiger charge is -2.64. The van der Waals surface area contributed by atoms with Crippen LogP contribution in [0.5, 0.6) is 0 Å². The van der Waals surface area contributed by atoms with Crippen LogP contribution in [0.3, 0.4) is 0 Å². The highest BCUT2D eigenvalue weighted by molar-refractivity contribution is 6.49. The molecule has 0 spiro atoms. The van der Waals surface area contributed by atoms with Crippen molar-refractivity contribution in [2.45, 2.75) is 63.5 Å². The van der Waals surface area contributed by atoms with E-state index in [1.54, 1.807) is 0 Å². The van der Waals surface area contributed by atoms with Gasteiger partial charge in [0, 0.05) is 5.82 Å². The third-order valence-electron chi connectivity index (χ3n) is 7.39. The molecule has 5 fully saturated rings. The Morgan fingerprint density at radius 3 is 2.55 bits per heavy atom. The molecule has 0 unspecified atom stereocenters. The second-order valence-corrected chi connectivity index (χ2v) is 8.75. The van der Waals surface area contributed by atoms with Gasteiger partial charge in [-0.3, -0.25) is 0 Å². The van der Waals surface area contributed by atoms with Gasteiger partial charge in [-0.15, -0.1) is 0 Å². The molecule has 2 bridgehead atoms. The van der Waals surface area contributed by atoms with Gasteiger partial charge in [0.1, 0.15) is 0 Å². The second-order valence-electron chi connectivity index (χ2n) is 8.75. The quantitative estimate of drug-likeness (QED) is 0.759. The lowest BCUT2D eigenvalue weighted by atomic mass is 9.43. The molecule has 1 aliphatic heterocycles. The topological polar surface area (TPSA) is 18.5 Å². The molecule has 0 N–H and O–H groups in total. The van der Waals surface area contributed by atoms with Crippen LogP contribution in [-0.2, 0) is 9.31 Å². The lowest BCUT2D eigenvalue weighted by Crippen LogP contribution is -2.65. The van der Waals surface area contributed by atoms with E-state index in [-0.39, 0.29) is 12.7 Å². The predicted octanol–water partition coefficient (Wildman–Crippen LogP) is 4.27. The minimum Gasteiger partial charge on any atom is -0.405 e. The van der Waals surface area contributed by atoms with Crippen molar-refractivity contribution in [3.05, 3.63) is 35.9 Å². The van der Waals surface area contributed by atoms with Crippen LogP contribution >= 0.6 is 0 Å². The van der Waals surface area contributed by atoms with Gasteiger partial charge in [0.2, 0.25) is 0 Å². The van der Waals surface area contributed by atoms with E-state index in [0.717, 1.165) is 5.92 Å². The minimum absolute atomic E-state index is 0.0235. The van der Waals surface area contributed by atoms with Gasteiger partial charge in [-0.2, -0.15) is 0 Å². The summed E-state index contributed by atoms with van der Waals surface area (Å²) in [4.78, 5) is 0. The number of rotatable bonds is 2. The van der Waals surface area contributed by atoms with Gasteiger partial charge < -0.3 is 9.31 Å². The molecule has 3 heteroatoms. The van der Waals surface area contributed by atoms with Crippen LogP contribution in [0.1, 0.15) is 51.5 Å². The average Bonchev–Trinajstić information content (AvgIpc) is 3.22. The fourth-order valence-corrected chi connectivity index (χ4v) is 5.68. The fraction of sp³-hybridized carbons (Fsp3) is 0.684. The normalized spacial score (nSPS) is 47.8. The third-order valence-corrected chi connectivity index (χ3v) is 7.39. The van der Waals surface area contributed by atoms with E-state index in [2.05, 4.69) is 51.1 Å². The zero-order chi connectivity index (χ0) is 15.1. The average molecular weight is 296 g/mol. The van der Waals surface area contributed by atoms with Crippen LogP contribution in [0.15, 0.2) is 30.3 Å². The number of benzene rings is 1. The van der Waals surface area contributed by atoms with Crippen molar-refractivity contribution >= 4 is 7.12 Å². The maximum Gasteiger partial charge on any atom is 0.461 e. The Morgan fingerprint density at radius 2 is 1.82 bits per heavy atom. The van der Waals surface area contributed by atoms with Crippen molar-refractivity contribution in [1.82, 2.24) is 0 Å². The van der Waals surface area contributed by atoms with Gasteiger partial charge >= 0.3 is 7.12 Å². The summed E-state index contributed by atoms with van der Waals surface area (Å²) in [5.41, 5.74) is 1.84. The van der Waals surface area contributed by atoms with Gasteiger partial charge in [-0.25, -0.2) is 0 Å². The highest BCUT2D eigenvalue weighted by atomic mass is 16.7. The van der Waals surface area contributed by atoms with E-state index in [0.29, 0.717) is 29.2 Å². The molecule has 4 aliphatic carbocycles. The van der Waals surface area contributed by atoms with Gasteiger partial charge in [0.05, 0.1) is 11.7 Å². The van der Waals surface area contributed by atoms with Crippen molar-refractivity contribution < 1.29 is 9.31 Å². The summed E-state index contributed by atoms with van der Waals surface area (Å²) in [6, 6.07) is 10.9. The van der Waals surface area contributed by atoms with Crippen molar-refractivity contribution in [2.75, 3.05) is 0 Å². The first-order chi connectivity index (χ1) is 10.5. The van der Waals surface area contributed by atoms with Crippen LogP contribution < -0.4 is 0 Å². The largest absolute Gasteiger partial charge is 0.461 e. The maximum absolute atomic E-state index is 6.59. The molecule has 116 valence electrons. The maximum atomic E-state index is 6.59. The lowest BCUT2D eigenvalue weighted by molar-refractivity contribution is -0.199. The standard InChI is InChI=1S/C19H25BO2/c1-18(2)13-9-16(18)19(3)17(10-13)21-20(22-19)15-11-14(15)12-7-5-4-6-8-12/h4-8,13-17H,9-11H2,1-3H3/t13-,14-,15+,16-,17+,19-/m1/s1. The van der Waals surface area contributed by atoms with E-state index in [1.807, 2.05) is 0 Å². The number of hydrogen-bond donors (Lipinski definition) is 0. The highest BCUT2D eigenvalue weighted by Crippen LogP contribution is 2.67. The molecule has 1 saturated heterocycles. The Balaban J connectivity index is 1.34. The van der Waals surface area contributed by atoms with Crippen molar-refractivity contribution in [3.63, 3.8) is 0 Å². The third kappa shape index (κ3) is 1.64. The zero-order valence-electron chi connectivity index (χ0n) is 13.8. The first kappa shape index (κ1) is 13.6. The van der Waals surface area contributed by atoms with Crippen molar-refractivity contribution in [3.8, 4) is 0 Å². The fourth-order valence-electron chi connectivity index (χ4n) is 5.68. The summed E-state index contributed by atoms with van der Waals surface area (Å²) in [6.07, 6.45) is 4.07. The van der Waals surface area contributed by atoms with Gasteiger partial charge in [0.15, 0.2) is 0 Å². The smallest absolute Gasteiger partial charge is 0.405 e. The Morgan fingerprint density at radius 1 is 1.05 bits per heavy atom. The molecule has 2 nitrogen and oxygen atoms in total. The summed E-state index contributed by atoms with van der Waals surface area (Å²) in [5, 5.41) is 0. The molecular weight excluding hydrogens is 271 g/mol. The molecule has 0 amide bonds. The summed E-state index contributed by atoms with van der Waals surface area (Å²) < 4.78 is 13.0. The molecule has 4 saturated carbocycles. The Hall–Kier alpha value is -0.795. The molecule has 5 aliphatic rings. The van der Waals surface area contributed by atoms with Crippen LogP contribution in [0.25, 0.3) is 0 Å². The van der Waals surface area contributed by atoms with Gasteiger partial charge in [-0.05, 0) is 54.9 Å². The Kier molecular flexibility index (Phi) is 2.59. The number of hydrogen-bond acceptors (Lipinski definition) is 2. The summed E-state index contributed by atoms with van der Waals surface area (Å²) in [5.74, 6) is 2.70.